The summed E-state index contributed by atoms with van der Waals surface area (Å²) in [6.45, 7) is 2.03. The van der Waals surface area contributed by atoms with Gasteiger partial charge in [-0.3, -0.25) is 0 Å². The Bertz CT molecular complexity index is 526. The first kappa shape index (κ1) is 14.0. The van der Waals surface area contributed by atoms with Crippen molar-refractivity contribution in [2.75, 3.05) is 0 Å². The second kappa shape index (κ2) is 6.14. The molecular weight excluding hydrogens is 242 g/mol. The minimum atomic E-state index is -2.60. The van der Waals surface area contributed by atoms with E-state index in [0.29, 0.717) is 6.42 Å². The molecule has 2 heteroatoms. The summed E-state index contributed by atoms with van der Waals surface area (Å²) in [4.78, 5) is 0. The van der Waals surface area contributed by atoms with Crippen LogP contribution in [0.15, 0.2) is 42.5 Å². The molecule has 2 rings (SSSR count). The van der Waals surface area contributed by atoms with E-state index in [1.54, 1.807) is 0 Å². The third-order valence-electron chi connectivity index (χ3n) is 3.48. The highest BCUT2D eigenvalue weighted by molar-refractivity contribution is 5.85. The molecule has 0 aliphatic rings. The lowest BCUT2D eigenvalue weighted by Gasteiger charge is -2.17. The molecule has 0 atom stereocenters. The summed E-state index contributed by atoms with van der Waals surface area (Å²) in [7, 11) is 0. The van der Waals surface area contributed by atoms with Gasteiger partial charge in [-0.25, -0.2) is 8.78 Å². The molecule has 0 aliphatic heterocycles. The van der Waals surface area contributed by atoms with Gasteiger partial charge in [-0.2, -0.15) is 0 Å². The van der Waals surface area contributed by atoms with Crippen LogP contribution in [-0.4, -0.2) is 5.92 Å². The largest absolute Gasteiger partial charge is 0.252 e. The van der Waals surface area contributed by atoms with Crippen molar-refractivity contribution in [2.24, 2.45) is 0 Å². The molecule has 0 N–H and O–H groups in total. The predicted molar refractivity (Wildman–Crippen MR) is 76.7 cm³/mol. The van der Waals surface area contributed by atoms with Gasteiger partial charge in [-0.1, -0.05) is 62.2 Å². The van der Waals surface area contributed by atoms with Crippen LogP contribution < -0.4 is 0 Å². The summed E-state index contributed by atoms with van der Waals surface area (Å²) in [6.07, 6.45) is 2.30. The van der Waals surface area contributed by atoms with Crippen molar-refractivity contribution in [2.45, 2.75) is 45.0 Å². The lowest BCUT2D eigenvalue weighted by atomic mass is 9.97. The quantitative estimate of drug-likeness (QED) is 0.594. The minimum Gasteiger partial charge on any atom is -0.207 e. The average molecular weight is 262 g/mol. The molecule has 0 aliphatic carbocycles. The van der Waals surface area contributed by atoms with Crippen molar-refractivity contribution in [3.05, 3.63) is 48.0 Å². The molecule has 0 saturated heterocycles. The predicted octanol–water partition coefficient (Wildman–Crippen LogP) is 5.60. The van der Waals surface area contributed by atoms with E-state index in [1.165, 1.54) is 0 Å². The Hall–Kier alpha value is -1.44. The molecule has 0 heterocycles. The van der Waals surface area contributed by atoms with Crippen molar-refractivity contribution in [3.63, 3.8) is 0 Å². The average Bonchev–Trinajstić information content (AvgIpc) is 2.39. The first-order valence-electron chi connectivity index (χ1n) is 6.97. The second-order valence-electron chi connectivity index (χ2n) is 5.13. The van der Waals surface area contributed by atoms with Crippen LogP contribution in [0.4, 0.5) is 8.78 Å². The Labute approximate surface area is 113 Å². The van der Waals surface area contributed by atoms with E-state index in [9.17, 15) is 8.78 Å². The number of rotatable bonds is 6. The Morgan fingerprint density at radius 2 is 1.68 bits per heavy atom. The normalized spacial score (nSPS) is 11.9. The van der Waals surface area contributed by atoms with Crippen molar-refractivity contribution >= 4 is 10.8 Å². The minimum absolute atomic E-state index is 0.00986. The summed E-state index contributed by atoms with van der Waals surface area (Å²) in [6, 6.07) is 13.4. The number of benzene rings is 2. The van der Waals surface area contributed by atoms with E-state index in [1.807, 2.05) is 49.4 Å². The smallest absolute Gasteiger partial charge is 0.207 e. The summed E-state index contributed by atoms with van der Waals surface area (Å²) < 4.78 is 27.9. The molecule has 0 unspecified atom stereocenters. The molecule has 102 valence electrons. The standard InChI is InChI=1S/C17H20F2/c1-2-3-6-12-17(18,19)13-15-10-7-9-14-8-4-5-11-16(14)15/h4-5,7-11H,2-3,6,12-13H2,1H3. The topological polar surface area (TPSA) is 0 Å². The summed E-state index contributed by atoms with van der Waals surface area (Å²) >= 11 is 0. The van der Waals surface area contributed by atoms with Gasteiger partial charge in [0.25, 0.3) is 5.92 Å². The monoisotopic (exact) mass is 262 g/mol. The number of halogens is 2. The van der Waals surface area contributed by atoms with Gasteiger partial charge < -0.3 is 0 Å². The fourth-order valence-electron chi connectivity index (χ4n) is 2.45. The maximum Gasteiger partial charge on any atom is 0.252 e. The maximum atomic E-state index is 14.0. The number of fused-ring (bicyclic) bond motifs is 1. The SMILES string of the molecule is CCCCCC(F)(F)Cc1cccc2ccccc12. The van der Waals surface area contributed by atoms with Gasteiger partial charge in [0.15, 0.2) is 0 Å². The third kappa shape index (κ3) is 3.76. The molecule has 2 aromatic rings. The zero-order valence-electron chi connectivity index (χ0n) is 11.3. The zero-order valence-corrected chi connectivity index (χ0v) is 11.3. The summed E-state index contributed by atoms with van der Waals surface area (Å²) in [5.41, 5.74) is 0.750. The number of hydrogen-bond acceptors (Lipinski definition) is 0. The number of unbranched alkanes of at least 4 members (excludes halogenated alkanes) is 2. The molecule has 0 radical (unpaired) electrons. The van der Waals surface area contributed by atoms with Gasteiger partial charge in [-0.05, 0) is 22.8 Å². The summed E-state index contributed by atoms with van der Waals surface area (Å²) in [5.74, 6) is -2.60. The van der Waals surface area contributed by atoms with Crippen LogP contribution in [0.25, 0.3) is 10.8 Å². The maximum absolute atomic E-state index is 14.0. The lowest BCUT2D eigenvalue weighted by Crippen LogP contribution is -2.19. The molecule has 0 amide bonds. The molecule has 0 aromatic heterocycles. The molecule has 2 aromatic carbocycles. The molecule has 19 heavy (non-hydrogen) atoms. The van der Waals surface area contributed by atoms with Crippen LogP contribution in [-0.2, 0) is 6.42 Å². The van der Waals surface area contributed by atoms with Crippen molar-refractivity contribution in [1.82, 2.24) is 0 Å². The van der Waals surface area contributed by atoms with E-state index < -0.39 is 5.92 Å². The lowest BCUT2D eigenvalue weighted by molar-refractivity contribution is -0.00909. The van der Waals surface area contributed by atoms with Crippen LogP contribution in [0.1, 0.15) is 38.2 Å². The van der Waals surface area contributed by atoms with Crippen LogP contribution in [0, 0.1) is 0 Å². The highest BCUT2D eigenvalue weighted by Crippen LogP contribution is 2.29. The third-order valence-corrected chi connectivity index (χ3v) is 3.48. The van der Waals surface area contributed by atoms with Crippen molar-refractivity contribution in [3.8, 4) is 0 Å². The van der Waals surface area contributed by atoms with Crippen molar-refractivity contribution < 1.29 is 8.78 Å². The van der Waals surface area contributed by atoms with E-state index in [0.717, 1.165) is 29.2 Å². The summed E-state index contributed by atoms with van der Waals surface area (Å²) in [5, 5.41) is 1.98. The Morgan fingerprint density at radius 3 is 2.47 bits per heavy atom. The van der Waals surface area contributed by atoms with Crippen LogP contribution >= 0.6 is 0 Å². The molecule has 0 bridgehead atoms. The Balaban J connectivity index is 2.16. The van der Waals surface area contributed by atoms with Gasteiger partial charge in [0.05, 0.1) is 0 Å². The highest BCUT2D eigenvalue weighted by Gasteiger charge is 2.28. The highest BCUT2D eigenvalue weighted by atomic mass is 19.3. The fraction of sp³-hybridized carbons (Fsp3) is 0.412. The van der Waals surface area contributed by atoms with E-state index in [4.69, 9.17) is 0 Å². The Morgan fingerprint density at radius 1 is 0.947 bits per heavy atom. The van der Waals surface area contributed by atoms with Crippen molar-refractivity contribution in [1.29, 1.82) is 0 Å². The first-order chi connectivity index (χ1) is 9.12. The van der Waals surface area contributed by atoms with Gasteiger partial charge in [-0.15, -0.1) is 0 Å². The molecule has 0 fully saturated rings. The molecule has 0 nitrogen and oxygen atoms in total. The number of alkyl halides is 2. The molecule has 0 spiro atoms. The Kier molecular flexibility index (Phi) is 4.52. The molecule has 0 saturated carbocycles. The van der Waals surface area contributed by atoms with E-state index in [2.05, 4.69) is 0 Å². The van der Waals surface area contributed by atoms with E-state index >= 15 is 0 Å². The number of hydrogen-bond donors (Lipinski definition) is 0. The van der Waals surface area contributed by atoms with Crippen LogP contribution in [0.5, 0.6) is 0 Å². The van der Waals surface area contributed by atoms with Crippen LogP contribution in [0.2, 0.25) is 0 Å². The van der Waals surface area contributed by atoms with Gasteiger partial charge in [0.2, 0.25) is 0 Å². The zero-order chi connectivity index (χ0) is 13.7. The van der Waals surface area contributed by atoms with Crippen LogP contribution in [0.3, 0.4) is 0 Å². The fourth-order valence-corrected chi connectivity index (χ4v) is 2.45. The second-order valence-corrected chi connectivity index (χ2v) is 5.13. The van der Waals surface area contributed by atoms with Gasteiger partial charge >= 0.3 is 0 Å². The molecular formula is C17H20F2. The van der Waals surface area contributed by atoms with Gasteiger partial charge in [0, 0.05) is 12.8 Å². The first-order valence-corrected chi connectivity index (χ1v) is 6.97. The van der Waals surface area contributed by atoms with E-state index in [-0.39, 0.29) is 12.8 Å². The van der Waals surface area contributed by atoms with Gasteiger partial charge in [0.1, 0.15) is 0 Å².